The quantitative estimate of drug-likeness (QED) is 0.775. The minimum Gasteiger partial charge on any atom is -0.448 e. The fraction of sp³-hybridized carbons (Fsp3) is 0.632. The van der Waals surface area contributed by atoms with E-state index in [2.05, 4.69) is 34.5 Å². The van der Waals surface area contributed by atoms with Crippen molar-refractivity contribution in [3.63, 3.8) is 0 Å². The number of rotatable bonds is 7. The molecule has 0 aromatic heterocycles. The molecule has 2 rings (SSSR count). The van der Waals surface area contributed by atoms with E-state index in [9.17, 15) is 4.79 Å². The number of ether oxygens (including phenoxy) is 1. The summed E-state index contributed by atoms with van der Waals surface area (Å²) < 4.78 is 5.51. The van der Waals surface area contributed by atoms with Crippen LogP contribution in [0, 0.1) is 0 Å². The molecule has 6 heteroatoms. The van der Waals surface area contributed by atoms with Crippen LogP contribution < -0.4 is 5.32 Å². The van der Waals surface area contributed by atoms with Gasteiger partial charge in [-0.25, -0.2) is 4.79 Å². The third-order valence-corrected chi connectivity index (χ3v) is 5.97. The number of carbonyl (C=O) groups excluding carboxylic acids is 1. The van der Waals surface area contributed by atoms with Crippen LogP contribution in [0.15, 0.2) is 30.3 Å². The van der Waals surface area contributed by atoms with Crippen LogP contribution in [-0.2, 0) is 10.5 Å². The molecule has 0 bridgehead atoms. The number of benzene rings is 1. The van der Waals surface area contributed by atoms with Crippen LogP contribution >= 0.6 is 23.5 Å². The Balaban J connectivity index is 1.85. The zero-order chi connectivity index (χ0) is 18.1. The summed E-state index contributed by atoms with van der Waals surface area (Å²) in [5, 5.41) is 3.15. The Bertz CT molecular complexity index is 514. The van der Waals surface area contributed by atoms with Crippen molar-refractivity contribution >= 4 is 29.6 Å². The molecule has 1 aliphatic rings. The summed E-state index contributed by atoms with van der Waals surface area (Å²) in [6.45, 7) is 9.55. The first-order valence-corrected chi connectivity index (χ1v) is 11.0. The van der Waals surface area contributed by atoms with Crippen LogP contribution in [0.2, 0.25) is 0 Å². The molecular weight excluding hydrogens is 352 g/mol. The molecule has 0 saturated carbocycles. The van der Waals surface area contributed by atoms with Crippen LogP contribution in [0.1, 0.15) is 26.3 Å². The number of alkyl carbamates (subject to hydrolysis) is 1. The van der Waals surface area contributed by atoms with Gasteiger partial charge in [0.2, 0.25) is 0 Å². The van der Waals surface area contributed by atoms with Gasteiger partial charge in [0, 0.05) is 42.4 Å². The number of nitrogens with zero attached hydrogens (tertiary/aromatic N) is 1. The first-order chi connectivity index (χ1) is 11.9. The monoisotopic (exact) mass is 382 g/mol. The maximum absolute atomic E-state index is 12.0. The Kier molecular flexibility index (Phi) is 8.46. The van der Waals surface area contributed by atoms with Gasteiger partial charge >= 0.3 is 6.09 Å². The van der Waals surface area contributed by atoms with Crippen molar-refractivity contribution in [1.29, 1.82) is 0 Å². The smallest absolute Gasteiger partial charge is 0.407 e. The number of amides is 1. The highest BCUT2D eigenvalue weighted by Gasteiger charge is 2.20. The van der Waals surface area contributed by atoms with Gasteiger partial charge in [0.05, 0.1) is 5.25 Å². The molecule has 1 atom stereocenters. The summed E-state index contributed by atoms with van der Waals surface area (Å²) in [5.41, 5.74) is 1.04. The van der Waals surface area contributed by atoms with Crippen molar-refractivity contribution in [1.82, 2.24) is 10.2 Å². The van der Waals surface area contributed by atoms with Gasteiger partial charge in [-0.15, -0.1) is 11.8 Å². The first kappa shape index (κ1) is 20.5. The second-order valence-corrected chi connectivity index (χ2v) is 9.82. The molecule has 1 heterocycles. The molecule has 1 saturated heterocycles. The van der Waals surface area contributed by atoms with Crippen LogP contribution in [-0.4, -0.2) is 59.5 Å². The molecule has 0 aliphatic carbocycles. The average molecular weight is 383 g/mol. The van der Waals surface area contributed by atoms with Gasteiger partial charge in [0.15, 0.2) is 0 Å². The normalized spacial score (nSPS) is 17.1. The minimum absolute atomic E-state index is 0.270. The van der Waals surface area contributed by atoms with Crippen LogP contribution in [0.5, 0.6) is 0 Å². The molecule has 0 spiro atoms. The fourth-order valence-electron chi connectivity index (χ4n) is 2.52. The van der Waals surface area contributed by atoms with E-state index in [0.29, 0.717) is 6.61 Å². The van der Waals surface area contributed by atoms with Crippen molar-refractivity contribution in [3.05, 3.63) is 35.9 Å². The molecule has 140 valence electrons. The predicted octanol–water partition coefficient (Wildman–Crippen LogP) is 3.86. The van der Waals surface area contributed by atoms with E-state index in [1.54, 1.807) is 0 Å². The fourth-order valence-corrected chi connectivity index (χ4v) is 4.60. The highest BCUT2D eigenvalue weighted by molar-refractivity contribution is 7.99. The van der Waals surface area contributed by atoms with E-state index in [-0.39, 0.29) is 16.9 Å². The molecule has 1 aromatic rings. The summed E-state index contributed by atoms with van der Waals surface area (Å²) in [6.07, 6.45) is -0.327. The highest BCUT2D eigenvalue weighted by Crippen LogP contribution is 2.21. The zero-order valence-corrected chi connectivity index (χ0v) is 17.1. The number of nitrogens with one attached hydrogen (secondary N) is 1. The lowest BCUT2D eigenvalue weighted by Crippen LogP contribution is -2.43. The lowest BCUT2D eigenvalue weighted by Gasteiger charge is -2.30. The van der Waals surface area contributed by atoms with E-state index < -0.39 is 0 Å². The van der Waals surface area contributed by atoms with E-state index in [4.69, 9.17) is 4.74 Å². The second kappa shape index (κ2) is 10.3. The third-order valence-electron chi connectivity index (χ3n) is 3.77. The number of hydrogen-bond donors (Lipinski definition) is 1. The highest BCUT2D eigenvalue weighted by atomic mass is 32.2. The largest absolute Gasteiger partial charge is 0.448 e. The summed E-state index contributed by atoms with van der Waals surface area (Å²) >= 11 is 3.89. The molecule has 4 nitrogen and oxygen atoms in total. The Morgan fingerprint density at radius 1 is 1.28 bits per heavy atom. The summed E-state index contributed by atoms with van der Waals surface area (Å²) in [4.78, 5) is 14.5. The van der Waals surface area contributed by atoms with Gasteiger partial charge in [-0.2, -0.15) is 11.8 Å². The van der Waals surface area contributed by atoms with Crippen LogP contribution in [0.3, 0.4) is 0 Å². The van der Waals surface area contributed by atoms with Crippen LogP contribution in [0.25, 0.3) is 0 Å². The van der Waals surface area contributed by atoms with Gasteiger partial charge in [0.1, 0.15) is 6.61 Å². The maximum Gasteiger partial charge on any atom is 0.407 e. The molecular formula is C19H30N2O2S2. The van der Waals surface area contributed by atoms with Gasteiger partial charge in [-0.05, 0) is 26.3 Å². The van der Waals surface area contributed by atoms with E-state index in [1.165, 1.54) is 17.1 Å². The first-order valence-electron chi connectivity index (χ1n) is 8.83. The van der Waals surface area contributed by atoms with Crippen molar-refractivity contribution in [2.24, 2.45) is 0 Å². The summed E-state index contributed by atoms with van der Waals surface area (Å²) in [6, 6.07) is 10.5. The van der Waals surface area contributed by atoms with E-state index in [1.807, 2.05) is 50.4 Å². The van der Waals surface area contributed by atoms with Crippen LogP contribution in [0.4, 0.5) is 4.79 Å². The van der Waals surface area contributed by atoms with Gasteiger partial charge in [-0.3, -0.25) is 0 Å². The molecule has 1 unspecified atom stereocenters. The Labute approximate surface area is 160 Å². The molecule has 0 radical (unpaired) electrons. The molecule has 1 aromatic carbocycles. The maximum atomic E-state index is 12.0. The lowest BCUT2D eigenvalue weighted by molar-refractivity contribution is 0.133. The van der Waals surface area contributed by atoms with Crippen molar-refractivity contribution in [2.75, 3.05) is 37.7 Å². The Morgan fingerprint density at radius 2 is 1.96 bits per heavy atom. The standard InChI is InChI=1S/C19H30N2O2S2/c1-19(2,3)20-18(22)23-14-17(13-21-9-11-24-12-10-21)25-15-16-7-5-4-6-8-16/h4-8,17H,9-15H2,1-3H3,(H,20,22). The predicted molar refractivity (Wildman–Crippen MR) is 110 cm³/mol. The molecule has 1 aliphatic heterocycles. The SMILES string of the molecule is CC(C)(C)NC(=O)OCC(CN1CCSCC1)SCc1ccccc1. The lowest BCUT2D eigenvalue weighted by atomic mass is 10.1. The summed E-state index contributed by atoms with van der Waals surface area (Å²) in [7, 11) is 0. The van der Waals surface area contributed by atoms with Gasteiger partial charge in [0.25, 0.3) is 0 Å². The molecule has 1 amide bonds. The second-order valence-electron chi connectivity index (χ2n) is 7.31. The molecule has 25 heavy (non-hydrogen) atoms. The van der Waals surface area contributed by atoms with Crippen molar-refractivity contribution < 1.29 is 9.53 Å². The van der Waals surface area contributed by atoms with Gasteiger partial charge < -0.3 is 15.0 Å². The Morgan fingerprint density at radius 3 is 2.60 bits per heavy atom. The van der Waals surface area contributed by atoms with Crippen molar-refractivity contribution in [2.45, 2.75) is 37.3 Å². The topological polar surface area (TPSA) is 41.6 Å². The molecule has 1 N–H and O–H groups in total. The average Bonchev–Trinajstić information content (AvgIpc) is 2.57. The number of carbonyl (C=O) groups is 1. The minimum atomic E-state index is -0.327. The summed E-state index contributed by atoms with van der Waals surface area (Å²) in [5.74, 6) is 3.33. The van der Waals surface area contributed by atoms with E-state index >= 15 is 0 Å². The molecule has 1 fully saturated rings. The van der Waals surface area contributed by atoms with Crippen molar-refractivity contribution in [3.8, 4) is 0 Å². The number of thioether (sulfide) groups is 2. The Hall–Kier alpha value is -0.850. The van der Waals surface area contributed by atoms with Gasteiger partial charge in [-0.1, -0.05) is 30.3 Å². The third kappa shape index (κ3) is 8.88. The zero-order valence-electron chi connectivity index (χ0n) is 15.5. The van der Waals surface area contributed by atoms with E-state index in [0.717, 1.165) is 25.4 Å². The number of hydrogen-bond acceptors (Lipinski definition) is 5.